The zero-order chi connectivity index (χ0) is 17.6. The molecule has 1 aromatic heterocycles. The van der Waals surface area contributed by atoms with Crippen molar-refractivity contribution in [3.05, 3.63) is 30.3 Å². The van der Waals surface area contributed by atoms with E-state index in [0.717, 1.165) is 18.5 Å². The maximum Gasteiger partial charge on any atom is 0.240 e. The number of amides is 2. The molecule has 0 spiro atoms. The minimum Gasteiger partial charge on any atom is -0.368 e. The van der Waals surface area contributed by atoms with Crippen molar-refractivity contribution < 1.29 is 9.59 Å². The number of carbonyl (C=O) groups is 2. The largest absolute Gasteiger partial charge is 0.368 e. The van der Waals surface area contributed by atoms with E-state index in [-0.39, 0.29) is 11.7 Å². The molecular formula is C16H19N5O2S2. The van der Waals surface area contributed by atoms with Crippen molar-refractivity contribution in [2.45, 2.75) is 29.6 Å². The molecule has 132 valence electrons. The van der Waals surface area contributed by atoms with Gasteiger partial charge in [-0.1, -0.05) is 41.3 Å². The smallest absolute Gasteiger partial charge is 0.240 e. The van der Waals surface area contributed by atoms with Gasteiger partial charge in [-0.2, -0.15) is 0 Å². The molecule has 0 saturated carbocycles. The van der Waals surface area contributed by atoms with Crippen LogP contribution < -0.4 is 11.1 Å². The van der Waals surface area contributed by atoms with Crippen molar-refractivity contribution in [2.24, 2.45) is 5.73 Å². The number of carbonyl (C=O) groups excluding carboxylic acids is 2. The van der Waals surface area contributed by atoms with Gasteiger partial charge >= 0.3 is 0 Å². The van der Waals surface area contributed by atoms with Gasteiger partial charge in [0.15, 0.2) is 4.34 Å². The fourth-order valence-corrected chi connectivity index (χ4v) is 4.35. The molecule has 2 amide bonds. The number of nitrogens with one attached hydrogen (secondary N) is 1. The van der Waals surface area contributed by atoms with Crippen molar-refractivity contribution in [1.29, 1.82) is 0 Å². The van der Waals surface area contributed by atoms with Gasteiger partial charge in [-0.25, -0.2) is 0 Å². The third-order valence-electron chi connectivity index (χ3n) is 3.90. The second-order valence-corrected chi connectivity index (χ2v) is 7.85. The van der Waals surface area contributed by atoms with E-state index in [4.69, 9.17) is 5.73 Å². The summed E-state index contributed by atoms with van der Waals surface area (Å²) in [6, 6.07) is 9.22. The topological polar surface area (TPSA) is 101 Å². The van der Waals surface area contributed by atoms with Crippen LogP contribution in [0.3, 0.4) is 0 Å². The Hall–Kier alpha value is -2.13. The van der Waals surface area contributed by atoms with Crippen LogP contribution in [0, 0.1) is 0 Å². The average Bonchev–Trinajstić information content (AvgIpc) is 3.08. The Morgan fingerprint density at radius 2 is 2.08 bits per heavy atom. The van der Waals surface area contributed by atoms with Crippen LogP contribution in [0.1, 0.15) is 19.3 Å². The second kappa shape index (κ2) is 8.30. The highest BCUT2D eigenvalue weighted by Crippen LogP contribution is 2.28. The van der Waals surface area contributed by atoms with Gasteiger partial charge in [-0.05, 0) is 31.4 Å². The van der Waals surface area contributed by atoms with Crippen LogP contribution in [-0.4, -0.2) is 45.3 Å². The number of aromatic nitrogens is 2. The van der Waals surface area contributed by atoms with E-state index >= 15 is 0 Å². The molecule has 1 saturated heterocycles. The first-order valence-corrected chi connectivity index (χ1v) is 9.81. The van der Waals surface area contributed by atoms with Crippen LogP contribution in [0.4, 0.5) is 10.8 Å². The quantitative estimate of drug-likeness (QED) is 0.749. The Bertz CT molecular complexity index is 737. The van der Waals surface area contributed by atoms with Gasteiger partial charge in [-0.3, -0.25) is 9.59 Å². The Morgan fingerprint density at radius 1 is 1.28 bits per heavy atom. The summed E-state index contributed by atoms with van der Waals surface area (Å²) in [5.41, 5.74) is 6.35. The molecule has 3 N–H and O–H groups in total. The van der Waals surface area contributed by atoms with Gasteiger partial charge in [0.2, 0.25) is 16.9 Å². The summed E-state index contributed by atoms with van der Waals surface area (Å²) in [7, 11) is 0. The van der Waals surface area contributed by atoms with E-state index < -0.39 is 11.9 Å². The van der Waals surface area contributed by atoms with Crippen LogP contribution in [0.15, 0.2) is 34.7 Å². The number of rotatable bonds is 6. The third kappa shape index (κ3) is 4.70. The lowest BCUT2D eigenvalue weighted by Gasteiger charge is -2.33. The SMILES string of the molecule is NC(=O)[C@H]1CCCCN1C(=O)CSc1nnc(Nc2ccccc2)s1. The minimum atomic E-state index is -0.480. The molecule has 0 radical (unpaired) electrons. The molecule has 25 heavy (non-hydrogen) atoms. The molecule has 0 bridgehead atoms. The summed E-state index contributed by atoms with van der Waals surface area (Å²) >= 11 is 2.72. The van der Waals surface area contributed by atoms with Crippen LogP contribution in [0.25, 0.3) is 0 Å². The third-order valence-corrected chi connectivity index (χ3v) is 5.86. The molecule has 9 heteroatoms. The average molecular weight is 377 g/mol. The number of likely N-dealkylation sites (tertiary alicyclic amines) is 1. The molecular weight excluding hydrogens is 358 g/mol. The molecule has 0 unspecified atom stereocenters. The number of nitrogens with zero attached hydrogens (tertiary/aromatic N) is 3. The maximum atomic E-state index is 12.4. The van der Waals surface area contributed by atoms with Crippen molar-refractivity contribution in [3.8, 4) is 0 Å². The van der Waals surface area contributed by atoms with Crippen LogP contribution in [0.5, 0.6) is 0 Å². The maximum absolute atomic E-state index is 12.4. The highest BCUT2D eigenvalue weighted by atomic mass is 32.2. The summed E-state index contributed by atoms with van der Waals surface area (Å²) < 4.78 is 0.708. The number of anilines is 2. The molecule has 0 aliphatic carbocycles. The predicted molar refractivity (Wildman–Crippen MR) is 98.9 cm³/mol. The number of piperidine rings is 1. The standard InChI is InChI=1S/C16H19N5O2S2/c17-14(23)12-8-4-5-9-21(12)13(22)10-24-16-20-19-15(25-16)18-11-6-2-1-3-7-11/h1-3,6-7,12H,4-5,8-10H2,(H2,17,23)(H,18,19)/t12-/m1/s1. The van der Waals surface area contributed by atoms with Crippen LogP contribution in [0.2, 0.25) is 0 Å². The van der Waals surface area contributed by atoms with Crippen LogP contribution >= 0.6 is 23.1 Å². The number of hydrogen-bond acceptors (Lipinski definition) is 7. The number of benzene rings is 1. The molecule has 2 heterocycles. The zero-order valence-corrected chi connectivity index (χ0v) is 15.2. The van der Waals surface area contributed by atoms with Gasteiger partial charge in [0.25, 0.3) is 0 Å². The summed E-state index contributed by atoms with van der Waals surface area (Å²) in [6.45, 7) is 0.587. The summed E-state index contributed by atoms with van der Waals surface area (Å²) in [4.78, 5) is 25.5. The summed E-state index contributed by atoms with van der Waals surface area (Å²) in [5, 5.41) is 12.0. The molecule has 2 aromatic rings. The normalized spacial score (nSPS) is 17.3. The van der Waals surface area contributed by atoms with E-state index in [1.54, 1.807) is 4.90 Å². The highest BCUT2D eigenvalue weighted by molar-refractivity contribution is 8.01. The van der Waals surface area contributed by atoms with E-state index in [1.165, 1.54) is 23.1 Å². The number of thioether (sulfide) groups is 1. The number of nitrogens with two attached hydrogens (primary N) is 1. The molecule has 1 aromatic carbocycles. The van der Waals surface area contributed by atoms with Crippen molar-refractivity contribution >= 4 is 45.7 Å². The number of primary amides is 1. The Balaban J connectivity index is 1.54. The van der Waals surface area contributed by atoms with Gasteiger partial charge < -0.3 is 16.0 Å². The van der Waals surface area contributed by atoms with Crippen molar-refractivity contribution in [1.82, 2.24) is 15.1 Å². The number of hydrogen-bond donors (Lipinski definition) is 2. The van der Waals surface area contributed by atoms with E-state index in [0.29, 0.717) is 22.4 Å². The monoisotopic (exact) mass is 377 g/mol. The predicted octanol–water partition coefficient (Wildman–Crippen LogP) is 2.24. The summed E-state index contributed by atoms with van der Waals surface area (Å²) in [5.74, 6) is -0.284. The van der Waals surface area contributed by atoms with E-state index in [1.807, 2.05) is 30.3 Å². The number of para-hydroxylation sites is 1. The highest BCUT2D eigenvalue weighted by Gasteiger charge is 2.30. The first kappa shape index (κ1) is 17.7. The lowest BCUT2D eigenvalue weighted by Crippen LogP contribution is -2.51. The van der Waals surface area contributed by atoms with Gasteiger partial charge in [0, 0.05) is 12.2 Å². The van der Waals surface area contributed by atoms with Crippen LogP contribution in [-0.2, 0) is 9.59 Å². The fourth-order valence-electron chi connectivity index (χ4n) is 2.70. The molecule has 1 aliphatic rings. The Labute approximate surface area is 154 Å². The molecule has 1 atom stereocenters. The molecule has 7 nitrogen and oxygen atoms in total. The van der Waals surface area contributed by atoms with Gasteiger partial charge in [-0.15, -0.1) is 10.2 Å². The zero-order valence-electron chi connectivity index (χ0n) is 13.6. The summed E-state index contributed by atoms with van der Waals surface area (Å²) in [6.07, 6.45) is 2.48. The Morgan fingerprint density at radius 3 is 2.84 bits per heavy atom. The lowest BCUT2D eigenvalue weighted by atomic mass is 10.0. The van der Waals surface area contributed by atoms with Gasteiger partial charge in [0.1, 0.15) is 6.04 Å². The minimum absolute atomic E-state index is 0.0822. The van der Waals surface area contributed by atoms with E-state index in [2.05, 4.69) is 15.5 Å². The molecule has 3 rings (SSSR count). The molecule has 1 aliphatic heterocycles. The first-order valence-electron chi connectivity index (χ1n) is 8.00. The first-order chi connectivity index (χ1) is 12.1. The second-order valence-electron chi connectivity index (χ2n) is 5.65. The van der Waals surface area contributed by atoms with Crippen molar-refractivity contribution in [3.63, 3.8) is 0 Å². The molecule has 1 fully saturated rings. The Kier molecular flexibility index (Phi) is 5.87. The van der Waals surface area contributed by atoms with Crippen molar-refractivity contribution in [2.75, 3.05) is 17.6 Å². The van der Waals surface area contributed by atoms with E-state index in [9.17, 15) is 9.59 Å². The van der Waals surface area contributed by atoms with Gasteiger partial charge in [0.05, 0.1) is 5.75 Å². The lowest BCUT2D eigenvalue weighted by molar-refractivity contribution is -0.138. The fraction of sp³-hybridized carbons (Fsp3) is 0.375.